The number of anilines is 1. The highest BCUT2D eigenvalue weighted by atomic mass is 32.1. The van der Waals surface area contributed by atoms with Crippen LogP contribution in [0.15, 0.2) is 41.8 Å². The van der Waals surface area contributed by atoms with Crippen molar-refractivity contribution in [3.63, 3.8) is 0 Å². The van der Waals surface area contributed by atoms with E-state index < -0.39 is 5.91 Å². The number of rotatable bonds is 8. The Kier molecular flexibility index (Phi) is 7.16. The fraction of sp³-hybridized carbons (Fsp3) is 0.278. The van der Waals surface area contributed by atoms with E-state index in [1.807, 2.05) is 43.3 Å². The van der Waals surface area contributed by atoms with Gasteiger partial charge >= 0.3 is 0 Å². The zero-order chi connectivity index (χ0) is 18.9. The summed E-state index contributed by atoms with van der Waals surface area (Å²) in [5, 5.41) is 9.50. The molecule has 26 heavy (non-hydrogen) atoms. The molecule has 138 valence electrons. The van der Waals surface area contributed by atoms with Crippen molar-refractivity contribution in [1.82, 2.24) is 16.0 Å². The third-order valence-corrected chi connectivity index (χ3v) is 4.41. The Balaban J connectivity index is 1.64. The van der Waals surface area contributed by atoms with Crippen LogP contribution in [0.5, 0.6) is 0 Å². The molecule has 0 radical (unpaired) electrons. The maximum absolute atomic E-state index is 11.8. The van der Waals surface area contributed by atoms with E-state index in [4.69, 9.17) is 0 Å². The number of nitrogens with one attached hydrogen (secondary N) is 3. The first-order chi connectivity index (χ1) is 12.5. The van der Waals surface area contributed by atoms with Crippen molar-refractivity contribution in [2.75, 3.05) is 32.1 Å². The molecule has 0 fully saturated rings. The van der Waals surface area contributed by atoms with Gasteiger partial charge in [0.15, 0.2) is 0 Å². The van der Waals surface area contributed by atoms with Crippen molar-refractivity contribution >= 4 is 34.7 Å². The summed E-state index contributed by atoms with van der Waals surface area (Å²) >= 11 is 1.30. The van der Waals surface area contributed by atoms with E-state index >= 15 is 0 Å². The van der Waals surface area contributed by atoms with E-state index in [0.29, 0.717) is 11.4 Å². The normalized spacial score (nSPS) is 10.1. The van der Waals surface area contributed by atoms with Crippen LogP contribution >= 0.6 is 11.3 Å². The van der Waals surface area contributed by atoms with Crippen LogP contribution in [-0.2, 0) is 16.1 Å². The van der Waals surface area contributed by atoms with Crippen molar-refractivity contribution in [1.29, 1.82) is 0 Å². The topological polar surface area (TPSA) is 90.5 Å². The summed E-state index contributed by atoms with van der Waals surface area (Å²) in [7, 11) is 3.92. The lowest BCUT2D eigenvalue weighted by atomic mass is 10.2. The van der Waals surface area contributed by atoms with Crippen LogP contribution in [0.2, 0.25) is 0 Å². The minimum atomic E-state index is -0.416. The SMILES string of the molecule is CN(C)c1ccc(CNC(=O)CNC(=O)CNC(=O)c2cccs2)cc1. The van der Waals surface area contributed by atoms with Crippen molar-refractivity contribution in [3.05, 3.63) is 52.2 Å². The van der Waals surface area contributed by atoms with E-state index in [2.05, 4.69) is 16.0 Å². The van der Waals surface area contributed by atoms with E-state index in [1.165, 1.54) is 11.3 Å². The van der Waals surface area contributed by atoms with Crippen LogP contribution in [0, 0.1) is 0 Å². The van der Waals surface area contributed by atoms with Gasteiger partial charge in [0.1, 0.15) is 0 Å². The van der Waals surface area contributed by atoms with Gasteiger partial charge in [-0.05, 0) is 29.1 Å². The number of carbonyl (C=O) groups is 3. The molecule has 0 bridgehead atoms. The van der Waals surface area contributed by atoms with Gasteiger partial charge in [0, 0.05) is 26.3 Å². The highest BCUT2D eigenvalue weighted by Crippen LogP contribution is 2.11. The predicted molar refractivity (Wildman–Crippen MR) is 102 cm³/mol. The quantitative estimate of drug-likeness (QED) is 0.642. The van der Waals surface area contributed by atoms with Gasteiger partial charge in [0.25, 0.3) is 5.91 Å². The molecule has 0 aliphatic rings. The fourth-order valence-corrected chi connectivity index (χ4v) is 2.71. The molecule has 1 aromatic heterocycles. The van der Waals surface area contributed by atoms with Crippen molar-refractivity contribution < 1.29 is 14.4 Å². The summed E-state index contributed by atoms with van der Waals surface area (Å²) in [6, 6.07) is 11.3. The molecule has 2 aromatic rings. The molecule has 0 unspecified atom stereocenters. The summed E-state index contributed by atoms with van der Waals surface area (Å²) in [4.78, 5) is 37.7. The summed E-state index contributed by atoms with van der Waals surface area (Å²) in [5.41, 5.74) is 2.05. The fourth-order valence-electron chi connectivity index (χ4n) is 2.07. The van der Waals surface area contributed by atoms with Crippen LogP contribution < -0.4 is 20.9 Å². The Morgan fingerprint density at radius 2 is 1.58 bits per heavy atom. The molecular formula is C18H22N4O3S. The van der Waals surface area contributed by atoms with Crippen molar-refractivity contribution in [2.45, 2.75) is 6.54 Å². The van der Waals surface area contributed by atoms with Crippen LogP contribution in [0.25, 0.3) is 0 Å². The number of amides is 3. The average Bonchev–Trinajstić information content (AvgIpc) is 3.17. The second kappa shape index (κ2) is 9.57. The Hall–Kier alpha value is -2.87. The molecule has 0 spiro atoms. The minimum Gasteiger partial charge on any atom is -0.378 e. The monoisotopic (exact) mass is 374 g/mol. The van der Waals surface area contributed by atoms with E-state index in [1.54, 1.807) is 17.5 Å². The van der Waals surface area contributed by atoms with Gasteiger partial charge in [-0.2, -0.15) is 0 Å². The molecule has 7 nitrogen and oxygen atoms in total. The smallest absolute Gasteiger partial charge is 0.261 e. The number of benzene rings is 1. The molecule has 3 N–H and O–H groups in total. The first kappa shape index (κ1) is 19.5. The standard InChI is InChI=1S/C18H22N4O3S/c1-22(2)14-7-5-13(6-8-14)10-19-16(23)11-20-17(24)12-21-18(25)15-4-3-9-26-15/h3-9H,10-12H2,1-2H3,(H,19,23)(H,20,24)(H,21,25). The number of hydrogen-bond donors (Lipinski definition) is 3. The highest BCUT2D eigenvalue weighted by Gasteiger charge is 2.09. The molecule has 3 amide bonds. The molecule has 0 atom stereocenters. The lowest BCUT2D eigenvalue weighted by Crippen LogP contribution is -2.41. The zero-order valence-electron chi connectivity index (χ0n) is 14.7. The van der Waals surface area contributed by atoms with Crippen LogP contribution in [-0.4, -0.2) is 44.9 Å². The Morgan fingerprint density at radius 3 is 2.19 bits per heavy atom. The summed E-state index contributed by atoms with van der Waals surface area (Å²) in [5.74, 6) is -1.01. The number of hydrogen-bond acceptors (Lipinski definition) is 5. The number of carbonyl (C=O) groups excluding carboxylic acids is 3. The lowest BCUT2D eigenvalue weighted by Gasteiger charge is -2.13. The molecule has 0 aliphatic heterocycles. The largest absolute Gasteiger partial charge is 0.378 e. The maximum atomic E-state index is 11.8. The first-order valence-corrected chi connectivity index (χ1v) is 8.95. The second-order valence-corrected chi connectivity index (χ2v) is 6.72. The molecule has 0 aliphatic carbocycles. The molecule has 0 saturated carbocycles. The molecule has 8 heteroatoms. The van der Waals surface area contributed by atoms with Gasteiger partial charge in [-0.1, -0.05) is 18.2 Å². The van der Waals surface area contributed by atoms with Crippen molar-refractivity contribution in [3.8, 4) is 0 Å². The van der Waals surface area contributed by atoms with E-state index in [0.717, 1.165) is 11.3 Å². The Labute approximate surface area is 156 Å². The zero-order valence-corrected chi connectivity index (χ0v) is 15.6. The Bertz CT molecular complexity index is 742. The summed E-state index contributed by atoms with van der Waals surface area (Å²) < 4.78 is 0. The average molecular weight is 374 g/mol. The lowest BCUT2D eigenvalue weighted by molar-refractivity contribution is -0.125. The number of thiophene rings is 1. The molecular weight excluding hydrogens is 352 g/mol. The second-order valence-electron chi connectivity index (χ2n) is 5.77. The van der Waals surface area contributed by atoms with E-state index in [-0.39, 0.29) is 24.9 Å². The first-order valence-electron chi connectivity index (χ1n) is 8.07. The Morgan fingerprint density at radius 1 is 0.923 bits per heavy atom. The van der Waals surface area contributed by atoms with Gasteiger partial charge in [-0.25, -0.2) is 0 Å². The maximum Gasteiger partial charge on any atom is 0.261 e. The summed E-state index contributed by atoms with van der Waals surface area (Å²) in [6.45, 7) is 0.0804. The van der Waals surface area contributed by atoms with Crippen LogP contribution in [0.3, 0.4) is 0 Å². The van der Waals surface area contributed by atoms with Gasteiger partial charge < -0.3 is 20.9 Å². The van der Waals surface area contributed by atoms with Gasteiger partial charge in [-0.3, -0.25) is 14.4 Å². The number of nitrogens with zero attached hydrogens (tertiary/aromatic N) is 1. The molecule has 1 aromatic carbocycles. The third kappa shape index (κ3) is 6.21. The van der Waals surface area contributed by atoms with E-state index in [9.17, 15) is 14.4 Å². The molecule has 1 heterocycles. The summed E-state index contributed by atoms with van der Waals surface area (Å²) in [6.07, 6.45) is 0. The molecule has 0 saturated heterocycles. The van der Waals surface area contributed by atoms with Crippen LogP contribution in [0.4, 0.5) is 5.69 Å². The minimum absolute atomic E-state index is 0.135. The van der Waals surface area contributed by atoms with Gasteiger partial charge in [0.2, 0.25) is 11.8 Å². The molecule has 2 rings (SSSR count). The van der Waals surface area contributed by atoms with Gasteiger partial charge in [-0.15, -0.1) is 11.3 Å². The highest BCUT2D eigenvalue weighted by molar-refractivity contribution is 7.12. The van der Waals surface area contributed by atoms with Crippen molar-refractivity contribution in [2.24, 2.45) is 0 Å². The predicted octanol–water partition coefficient (Wildman–Crippen LogP) is 0.977. The van der Waals surface area contributed by atoms with Gasteiger partial charge in [0.05, 0.1) is 18.0 Å². The third-order valence-electron chi connectivity index (χ3n) is 3.54. The van der Waals surface area contributed by atoms with Crippen LogP contribution in [0.1, 0.15) is 15.2 Å².